The Morgan fingerprint density at radius 3 is 2.54 bits per heavy atom. The fourth-order valence-electron chi connectivity index (χ4n) is 2.72. The quantitative estimate of drug-likeness (QED) is 0.180. The minimum absolute atomic E-state index is 0.0106. The minimum atomic E-state index is -0.334. The molecule has 9 nitrogen and oxygen atoms in total. The number of hydrogen-bond donors (Lipinski definition) is 7. The number of carbonyl (C=O) groups excluding carboxylic acids is 1. The van der Waals surface area contributed by atoms with Gasteiger partial charge in [0.15, 0.2) is 0 Å². The van der Waals surface area contributed by atoms with E-state index >= 15 is 0 Å². The molecule has 0 radical (unpaired) electrons. The van der Waals surface area contributed by atoms with E-state index in [-0.39, 0.29) is 12.0 Å². The lowest BCUT2D eigenvalue weighted by atomic mass is 10.1. The van der Waals surface area contributed by atoms with E-state index in [9.17, 15) is 4.79 Å². The summed E-state index contributed by atoms with van der Waals surface area (Å²) in [5, 5.41) is 15.5. The van der Waals surface area contributed by atoms with Crippen molar-refractivity contribution in [2.45, 2.75) is 6.92 Å². The molecule has 0 fully saturated rings. The zero-order valence-corrected chi connectivity index (χ0v) is 15.5. The van der Waals surface area contributed by atoms with Crippen LogP contribution in [0, 0.1) is 0 Å². The lowest BCUT2D eigenvalue weighted by molar-refractivity contribution is -0.464. The van der Waals surface area contributed by atoms with Gasteiger partial charge in [0.05, 0.1) is 11.3 Å². The third-order valence-electron chi connectivity index (χ3n) is 4.03. The van der Waals surface area contributed by atoms with E-state index in [1.807, 2.05) is 49.4 Å². The molecule has 0 aromatic heterocycles. The summed E-state index contributed by atoms with van der Waals surface area (Å²) in [7, 11) is 0. The molecule has 1 aliphatic heterocycles. The van der Waals surface area contributed by atoms with Crippen LogP contribution in [0.15, 0.2) is 53.6 Å². The van der Waals surface area contributed by atoms with Crippen LogP contribution in [0.4, 0.5) is 16.2 Å². The first-order valence-electron chi connectivity index (χ1n) is 8.83. The second-order valence-electron chi connectivity index (χ2n) is 6.23. The van der Waals surface area contributed by atoms with Crippen LogP contribution in [-0.4, -0.2) is 36.6 Å². The molecule has 1 aliphatic rings. The van der Waals surface area contributed by atoms with Crippen LogP contribution in [0.25, 0.3) is 0 Å². The fraction of sp³-hybridized carbons (Fsp3) is 0.158. The van der Waals surface area contributed by atoms with Crippen molar-refractivity contribution in [2.75, 3.05) is 23.7 Å². The second kappa shape index (κ2) is 8.67. The predicted molar refractivity (Wildman–Crippen MR) is 110 cm³/mol. The average molecular weight is 380 g/mol. The molecule has 0 bridgehead atoms. The molecule has 0 aliphatic carbocycles. The van der Waals surface area contributed by atoms with Gasteiger partial charge in [-0.15, -0.1) is 5.10 Å². The smallest absolute Gasteiger partial charge is 0.308 e. The molecule has 3 rings (SSSR count). The highest BCUT2D eigenvalue weighted by molar-refractivity contribution is 6.03. The molecule has 2 aromatic carbocycles. The Morgan fingerprint density at radius 2 is 1.86 bits per heavy atom. The van der Waals surface area contributed by atoms with Crippen molar-refractivity contribution in [3.05, 3.63) is 59.7 Å². The van der Waals surface area contributed by atoms with Gasteiger partial charge < -0.3 is 10.6 Å². The summed E-state index contributed by atoms with van der Waals surface area (Å²) >= 11 is 0. The molecule has 0 saturated carbocycles. The van der Waals surface area contributed by atoms with E-state index in [2.05, 4.69) is 31.1 Å². The number of nitrogens with one attached hydrogen (secondary N) is 5. The van der Waals surface area contributed by atoms with Crippen LogP contribution in [-0.2, 0) is 0 Å². The van der Waals surface area contributed by atoms with Gasteiger partial charge >= 0.3 is 12.0 Å². The van der Waals surface area contributed by atoms with Crippen LogP contribution in [0.1, 0.15) is 18.1 Å². The number of nitrogens with zero attached hydrogens (tertiary/aromatic N) is 1. The Bertz CT molecular complexity index is 960. The van der Waals surface area contributed by atoms with E-state index in [0.717, 1.165) is 30.1 Å². The highest BCUT2D eigenvalue weighted by Crippen LogP contribution is 2.14. The Morgan fingerprint density at radius 1 is 1.14 bits per heavy atom. The van der Waals surface area contributed by atoms with Crippen molar-refractivity contribution >= 4 is 34.9 Å². The van der Waals surface area contributed by atoms with Gasteiger partial charge in [-0.1, -0.05) is 18.2 Å². The van der Waals surface area contributed by atoms with Crippen molar-refractivity contribution in [3.63, 3.8) is 0 Å². The molecule has 2 amide bonds. The largest absolute Gasteiger partial charge is 0.362 e. The average Bonchev–Trinajstić information content (AvgIpc) is 3.21. The standard InChI is InChI=1S/C19H22N8O/c1-12(26-27-18(20)21)13-4-2-6-15(10-13)24-19(28)25-16-7-3-5-14(11-16)17-22-8-9-23-17/h2-7,10-11H,8-9H2,1H3,(H,22,23)(H4,20,21,27)(H2,24,25,28)/p+2/b26-12+. The van der Waals surface area contributed by atoms with E-state index in [0.29, 0.717) is 17.1 Å². The predicted octanol–water partition coefficient (Wildman–Crippen LogP) is -2.16. The first-order valence-corrected chi connectivity index (χ1v) is 8.83. The van der Waals surface area contributed by atoms with Crippen molar-refractivity contribution < 1.29 is 14.9 Å². The molecule has 28 heavy (non-hydrogen) atoms. The van der Waals surface area contributed by atoms with Gasteiger partial charge in [-0.05, 0) is 37.3 Å². The number of benzene rings is 2. The number of anilines is 2. The van der Waals surface area contributed by atoms with Gasteiger partial charge in [0.2, 0.25) is 0 Å². The topological polar surface area (TPSA) is 146 Å². The summed E-state index contributed by atoms with van der Waals surface area (Å²) in [5.41, 5.74) is 14.5. The number of guanidine groups is 1. The van der Waals surface area contributed by atoms with Crippen LogP contribution in [0.5, 0.6) is 0 Å². The molecule has 0 spiro atoms. The van der Waals surface area contributed by atoms with Gasteiger partial charge in [0, 0.05) is 16.9 Å². The van der Waals surface area contributed by atoms with Crippen molar-refractivity contribution in [1.29, 1.82) is 0 Å². The lowest BCUT2D eigenvalue weighted by Gasteiger charge is -2.09. The maximum Gasteiger partial charge on any atom is 0.362 e. The zero-order chi connectivity index (χ0) is 19.9. The molecule has 2 aromatic rings. The molecule has 0 unspecified atom stereocenters. The highest BCUT2D eigenvalue weighted by atomic mass is 16.2. The fourth-order valence-corrected chi connectivity index (χ4v) is 2.72. The summed E-state index contributed by atoms with van der Waals surface area (Å²) in [5.74, 6) is 0.979. The molecular formula is C19H24N8O+2. The van der Waals surface area contributed by atoms with Crippen molar-refractivity contribution in [3.8, 4) is 0 Å². The summed E-state index contributed by atoms with van der Waals surface area (Å²) in [6.07, 6.45) is 0. The Labute approximate surface area is 162 Å². The molecule has 144 valence electrons. The number of hydrogen-bond acceptors (Lipinski definition) is 3. The van der Waals surface area contributed by atoms with Crippen LogP contribution < -0.4 is 37.5 Å². The first kappa shape index (κ1) is 18.9. The Hall–Kier alpha value is -3.88. The van der Waals surface area contributed by atoms with Gasteiger partial charge in [-0.25, -0.2) is 4.79 Å². The third kappa shape index (κ3) is 5.07. The zero-order valence-electron chi connectivity index (χ0n) is 15.5. The highest BCUT2D eigenvalue weighted by Gasteiger charge is 2.15. The van der Waals surface area contributed by atoms with Crippen LogP contribution >= 0.6 is 0 Å². The number of hydrazone groups is 1. The summed E-state index contributed by atoms with van der Waals surface area (Å²) in [4.78, 5) is 15.6. The number of amidine groups is 1. The van der Waals surface area contributed by atoms with E-state index in [1.165, 1.54) is 0 Å². The number of carbonyl (C=O) groups is 1. The third-order valence-corrected chi connectivity index (χ3v) is 4.03. The van der Waals surface area contributed by atoms with Gasteiger partial charge in [0.25, 0.3) is 5.84 Å². The van der Waals surface area contributed by atoms with Gasteiger partial charge in [-0.2, -0.15) is 5.10 Å². The van der Waals surface area contributed by atoms with Crippen LogP contribution in [0.3, 0.4) is 0 Å². The Kier molecular flexibility index (Phi) is 5.85. The Balaban J connectivity index is 1.67. The number of rotatable bonds is 5. The maximum atomic E-state index is 12.4. The van der Waals surface area contributed by atoms with Crippen molar-refractivity contribution in [2.24, 2.45) is 16.6 Å². The molecular weight excluding hydrogens is 356 g/mol. The molecule has 9 heteroatoms. The second-order valence-corrected chi connectivity index (χ2v) is 6.23. The number of amides is 2. The molecule has 9 N–H and O–H groups in total. The number of urea groups is 1. The monoisotopic (exact) mass is 380 g/mol. The van der Waals surface area contributed by atoms with Crippen molar-refractivity contribution in [1.82, 2.24) is 5.32 Å². The SMILES string of the molecule is C/C(=N\[NH+]=C(N)N)c1cccc(NC(=O)Nc2cccc(C3=[NH+]CCN3)c2)c1. The molecule has 1 heterocycles. The molecule has 0 saturated heterocycles. The van der Waals surface area contributed by atoms with E-state index in [1.54, 1.807) is 6.07 Å². The van der Waals surface area contributed by atoms with Gasteiger partial charge in [0.1, 0.15) is 13.1 Å². The summed E-state index contributed by atoms with van der Waals surface area (Å²) in [6, 6.07) is 14.6. The normalized spacial score (nSPS) is 13.3. The summed E-state index contributed by atoms with van der Waals surface area (Å²) < 4.78 is 0. The minimum Gasteiger partial charge on any atom is -0.308 e. The van der Waals surface area contributed by atoms with E-state index in [4.69, 9.17) is 11.5 Å². The van der Waals surface area contributed by atoms with E-state index < -0.39 is 0 Å². The summed E-state index contributed by atoms with van der Waals surface area (Å²) in [6.45, 7) is 3.58. The van der Waals surface area contributed by atoms with Gasteiger partial charge in [-0.3, -0.25) is 21.8 Å². The maximum absolute atomic E-state index is 12.4. The number of nitrogens with two attached hydrogens (primary N) is 2. The lowest BCUT2D eigenvalue weighted by Crippen LogP contribution is -2.72. The first-order chi connectivity index (χ1) is 13.5. The van der Waals surface area contributed by atoms with Crippen LogP contribution in [0.2, 0.25) is 0 Å². The molecule has 0 atom stereocenters.